The molecule has 3 N–H and O–H groups in total. The Morgan fingerprint density at radius 2 is 1.97 bits per heavy atom. The number of imidazole rings is 1. The highest BCUT2D eigenvalue weighted by atomic mass is 35.5. The van der Waals surface area contributed by atoms with Gasteiger partial charge in [-0.2, -0.15) is 0 Å². The Labute approximate surface area is 183 Å². The van der Waals surface area contributed by atoms with Crippen molar-refractivity contribution in [3.05, 3.63) is 76.0 Å². The van der Waals surface area contributed by atoms with Crippen molar-refractivity contribution in [2.24, 2.45) is 5.73 Å². The smallest absolute Gasteiger partial charge is 0.404 e. The second-order valence-electron chi connectivity index (χ2n) is 6.72. The van der Waals surface area contributed by atoms with Crippen molar-refractivity contribution in [2.75, 3.05) is 6.61 Å². The van der Waals surface area contributed by atoms with Crippen LogP contribution in [0.4, 0.5) is 4.79 Å². The number of halogens is 2. The van der Waals surface area contributed by atoms with Crippen molar-refractivity contribution >= 4 is 41.1 Å². The lowest BCUT2D eigenvalue weighted by Gasteiger charge is -2.34. The van der Waals surface area contributed by atoms with Crippen molar-refractivity contribution in [1.82, 2.24) is 15.0 Å². The SMILES string of the molecule is CC(C)c1cnccc1C(COC(N)=O)(Sc1cc(Cl)cc(Cl)c1)c1cnc[nH]1. The Bertz CT molecular complexity index is 978. The number of hydrogen-bond donors (Lipinski definition) is 2. The van der Waals surface area contributed by atoms with Crippen LogP contribution in [0.3, 0.4) is 0 Å². The van der Waals surface area contributed by atoms with E-state index in [0.717, 1.165) is 21.7 Å². The molecule has 0 spiro atoms. The van der Waals surface area contributed by atoms with Crippen LogP contribution in [0.15, 0.2) is 54.1 Å². The summed E-state index contributed by atoms with van der Waals surface area (Å²) in [4.78, 5) is 24.0. The molecule has 1 amide bonds. The number of nitrogens with zero attached hydrogens (tertiary/aromatic N) is 2. The van der Waals surface area contributed by atoms with Gasteiger partial charge in [-0.25, -0.2) is 9.78 Å². The van der Waals surface area contributed by atoms with Crippen LogP contribution in [0, 0.1) is 0 Å². The summed E-state index contributed by atoms with van der Waals surface area (Å²) in [6.07, 6.45) is 5.95. The number of carbonyl (C=O) groups excluding carboxylic acids is 1. The van der Waals surface area contributed by atoms with E-state index in [2.05, 4.69) is 28.8 Å². The zero-order valence-corrected chi connectivity index (χ0v) is 18.2. The molecule has 29 heavy (non-hydrogen) atoms. The molecule has 0 saturated carbocycles. The van der Waals surface area contributed by atoms with E-state index in [1.807, 2.05) is 24.4 Å². The van der Waals surface area contributed by atoms with E-state index in [1.165, 1.54) is 11.8 Å². The summed E-state index contributed by atoms with van der Waals surface area (Å²) in [5.74, 6) is 0.179. The molecular formula is C20H20Cl2N4O2S. The third-order valence-corrected chi connectivity index (χ3v) is 6.20. The predicted molar refractivity (Wildman–Crippen MR) is 116 cm³/mol. The number of thioether (sulfide) groups is 1. The molecule has 0 aliphatic heterocycles. The average Bonchev–Trinajstić information content (AvgIpc) is 3.19. The highest BCUT2D eigenvalue weighted by Crippen LogP contribution is 2.49. The summed E-state index contributed by atoms with van der Waals surface area (Å²) in [5, 5.41) is 1.02. The van der Waals surface area contributed by atoms with E-state index < -0.39 is 10.8 Å². The lowest BCUT2D eigenvalue weighted by atomic mass is 9.88. The standard InChI is InChI=1S/C20H20Cl2N4O2S/c1-12(2)16-8-24-4-3-17(16)20(10-28-19(23)27,18-9-25-11-26-18)29-15-6-13(21)5-14(22)7-15/h3-9,11-12H,10H2,1-2H3,(H2,23,27)(H,25,26). The number of nitrogens with two attached hydrogens (primary N) is 1. The molecule has 6 nitrogen and oxygen atoms in total. The number of nitrogens with one attached hydrogen (secondary N) is 1. The fourth-order valence-electron chi connectivity index (χ4n) is 3.11. The van der Waals surface area contributed by atoms with E-state index in [9.17, 15) is 4.79 Å². The van der Waals surface area contributed by atoms with Crippen LogP contribution in [-0.4, -0.2) is 27.7 Å². The van der Waals surface area contributed by atoms with Gasteiger partial charge < -0.3 is 15.5 Å². The second-order valence-corrected chi connectivity index (χ2v) is 8.97. The lowest BCUT2D eigenvalue weighted by molar-refractivity contribution is 0.148. The number of aromatic nitrogens is 3. The monoisotopic (exact) mass is 450 g/mol. The molecule has 0 fully saturated rings. The average molecular weight is 451 g/mol. The summed E-state index contributed by atoms with van der Waals surface area (Å²) in [6.45, 7) is 4.13. The number of ether oxygens (including phenoxy) is 1. The lowest BCUT2D eigenvalue weighted by Crippen LogP contribution is -2.34. The minimum atomic E-state index is -0.873. The van der Waals surface area contributed by atoms with Crippen LogP contribution >= 0.6 is 35.0 Å². The van der Waals surface area contributed by atoms with Gasteiger partial charge in [-0.15, -0.1) is 11.8 Å². The molecule has 1 aromatic carbocycles. The van der Waals surface area contributed by atoms with Crippen molar-refractivity contribution in [3.63, 3.8) is 0 Å². The Kier molecular flexibility index (Phi) is 6.72. The zero-order valence-electron chi connectivity index (χ0n) is 15.9. The van der Waals surface area contributed by atoms with Gasteiger partial charge in [0, 0.05) is 33.5 Å². The molecule has 0 radical (unpaired) electrons. The first-order valence-electron chi connectivity index (χ1n) is 8.82. The van der Waals surface area contributed by atoms with Crippen molar-refractivity contribution in [3.8, 4) is 0 Å². The normalized spacial score (nSPS) is 13.3. The minimum Gasteiger partial charge on any atom is -0.447 e. The van der Waals surface area contributed by atoms with Crippen LogP contribution in [0.5, 0.6) is 0 Å². The first-order valence-corrected chi connectivity index (χ1v) is 10.4. The van der Waals surface area contributed by atoms with Crippen molar-refractivity contribution < 1.29 is 9.53 Å². The molecule has 1 unspecified atom stereocenters. The molecule has 2 heterocycles. The first-order chi connectivity index (χ1) is 13.8. The summed E-state index contributed by atoms with van der Waals surface area (Å²) >= 11 is 13.9. The highest BCUT2D eigenvalue weighted by Gasteiger charge is 2.41. The van der Waals surface area contributed by atoms with E-state index in [1.54, 1.807) is 24.8 Å². The number of rotatable bonds is 7. The fraction of sp³-hybridized carbons (Fsp3) is 0.250. The van der Waals surface area contributed by atoms with Crippen LogP contribution in [0.2, 0.25) is 10.0 Å². The van der Waals surface area contributed by atoms with E-state index in [0.29, 0.717) is 10.0 Å². The van der Waals surface area contributed by atoms with Crippen molar-refractivity contribution in [1.29, 1.82) is 0 Å². The molecule has 3 aromatic rings. The first kappa shape index (κ1) is 21.5. The molecule has 2 aromatic heterocycles. The van der Waals surface area contributed by atoms with Gasteiger partial charge in [0.05, 0.1) is 12.0 Å². The third-order valence-electron chi connectivity index (χ3n) is 4.39. The predicted octanol–water partition coefficient (Wildman–Crippen LogP) is 5.37. The molecule has 9 heteroatoms. The second kappa shape index (κ2) is 9.07. The molecule has 3 rings (SSSR count). The van der Waals surface area contributed by atoms with Crippen LogP contribution < -0.4 is 5.73 Å². The molecule has 0 aliphatic carbocycles. The topological polar surface area (TPSA) is 93.9 Å². The quantitative estimate of drug-likeness (QED) is 0.472. The number of benzene rings is 1. The van der Waals surface area contributed by atoms with E-state index in [4.69, 9.17) is 33.7 Å². The number of hydrogen-bond acceptors (Lipinski definition) is 5. The summed E-state index contributed by atoms with van der Waals surface area (Å²) in [6, 6.07) is 7.20. The van der Waals surface area contributed by atoms with Gasteiger partial charge in [0.25, 0.3) is 0 Å². The van der Waals surface area contributed by atoms with Gasteiger partial charge in [-0.05, 0) is 41.3 Å². The molecule has 0 aliphatic rings. The maximum atomic E-state index is 11.5. The summed E-state index contributed by atoms with van der Waals surface area (Å²) in [5.41, 5.74) is 8.00. The number of aromatic amines is 1. The molecule has 152 valence electrons. The highest BCUT2D eigenvalue weighted by molar-refractivity contribution is 8.00. The van der Waals surface area contributed by atoms with Crippen LogP contribution in [0.25, 0.3) is 0 Å². The fourth-order valence-corrected chi connectivity index (χ4v) is 5.18. The third kappa shape index (κ3) is 4.86. The van der Waals surface area contributed by atoms with Crippen LogP contribution in [0.1, 0.15) is 36.6 Å². The van der Waals surface area contributed by atoms with Gasteiger partial charge in [0.2, 0.25) is 0 Å². The van der Waals surface area contributed by atoms with Gasteiger partial charge in [-0.1, -0.05) is 37.0 Å². The van der Waals surface area contributed by atoms with Gasteiger partial charge in [0.15, 0.2) is 0 Å². The van der Waals surface area contributed by atoms with Gasteiger partial charge >= 0.3 is 6.09 Å². The van der Waals surface area contributed by atoms with Gasteiger partial charge in [-0.3, -0.25) is 4.98 Å². The Morgan fingerprint density at radius 1 is 1.24 bits per heavy atom. The number of primary amides is 1. The van der Waals surface area contributed by atoms with Gasteiger partial charge in [0.1, 0.15) is 11.4 Å². The Morgan fingerprint density at radius 3 is 2.55 bits per heavy atom. The summed E-state index contributed by atoms with van der Waals surface area (Å²) in [7, 11) is 0. The maximum Gasteiger partial charge on any atom is 0.404 e. The largest absolute Gasteiger partial charge is 0.447 e. The molecule has 0 bridgehead atoms. The molecule has 1 atom stereocenters. The maximum absolute atomic E-state index is 11.5. The Hall–Kier alpha value is -2.22. The van der Waals surface area contributed by atoms with Crippen LogP contribution in [-0.2, 0) is 9.48 Å². The van der Waals surface area contributed by atoms with E-state index in [-0.39, 0.29) is 12.5 Å². The van der Waals surface area contributed by atoms with E-state index >= 15 is 0 Å². The van der Waals surface area contributed by atoms with Crippen molar-refractivity contribution in [2.45, 2.75) is 29.4 Å². The summed E-state index contributed by atoms with van der Waals surface area (Å²) < 4.78 is 4.46. The number of carbonyl (C=O) groups is 1. The number of amides is 1. The molecule has 0 saturated heterocycles. The Balaban J connectivity index is 2.24. The molecular weight excluding hydrogens is 431 g/mol. The minimum absolute atomic E-state index is 0.0247. The number of pyridine rings is 1. The number of H-pyrrole nitrogens is 1. The zero-order chi connectivity index (χ0) is 21.0.